The van der Waals surface area contributed by atoms with Gasteiger partial charge in [0.05, 0.1) is 17.0 Å². The highest BCUT2D eigenvalue weighted by Gasteiger charge is 2.23. The van der Waals surface area contributed by atoms with Crippen LogP contribution in [0.3, 0.4) is 0 Å². The number of aromatic nitrogens is 2. The second-order valence-electron chi connectivity index (χ2n) is 6.37. The third-order valence-corrected chi connectivity index (χ3v) is 5.79. The molecule has 3 rings (SSSR count). The summed E-state index contributed by atoms with van der Waals surface area (Å²) >= 11 is 6.05. The Morgan fingerprint density at radius 3 is 2.50 bits per heavy atom. The molecule has 3 aromatic rings. The minimum atomic E-state index is -3.83. The Morgan fingerprint density at radius 1 is 1.11 bits per heavy atom. The first-order valence-corrected chi connectivity index (χ1v) is 10.5. The quantitative estimate of drug-likeness (QED) is 0.637. The SMILES string of the molecule is Cc1ccc(NC(=O)c2nc(S(=O)(=O)Cc3ccccc3)ncc2Cl)c(C)c1. The van der Waals surface area contributed by atoms with Crippen molar-refractivity contribution in [2.75, 3.05) is 5.32 Å². The molecule has 0 fully saturated rings. The number of anilines is 1. The van der Waals surface area contributed by atoms with Crippen molar-refractivity contribution in [3.8, 4) is 0 Å². The molecule has 0 aliphatic carbocycles. The van der Waals surface area contributed by atoms with Crippen LogP contribution in [0, 0.1) is 13.8 Å². The maximum absolute atomic E-state index is 12.6. The van der Waals surface area contributed by atoms with Crippen LogP contribution in [-0.4, -0.2) is 24.3 Å². The number of amides is 1. The van der Waals surface area contributed by atoms with Crippen molar-refractivity contribution in [1.82, 2.24) is 9.97 Å². The lowest BCUT2D eigenvalue weighted by Gasteiger charge is -2.10. The lowest BCUT2D eigenvalue weighted by molar-refractivity contribution is 0.102. The van der Waals surface area contributed by atoms with E-state index >= 15 is 0 Å². The Balaban J connectivity index is 1.89. The summed E-state index contributed by atoms with van der Waals surface area (Å²) in [6.45, 7) is 3.81. The summed E-state index contributed by atoms with van der Waals surface area (Å²) < 4.78 is 25.3. The minimum absolute atomic E-state index is 0.0269. The molecule has 1 N–H and O–H groups in total. The fraction of sp³-hybridized carbons (Fsp3) is 0.150. The molecule has 0 spiro atoms. The molecule has 0 unspecified atom stereocenters. The fourth-order valence-corrected chi connectivity index (χ4v) is 4.03. The van der Waals surface area contributed by atoms with Gasteiger partial charge < -0.3 is 5.32 Å². The summed E-state index contributed by atoms with van der Waals surface area (Å²) in [6.07, 6.45) is 1.13. The number of hydrogen-bond donors (Lipinski definition) is 1. The molecule has 0 saturated heterocycles. The number of halogens is 1. The van der Waals surface area contributed by atoms with E-state index in [1.54, 1.807) is 36.4 Å². The van der Waals surface area contributed by atoms with Gasteiger partial charge >= 0.3 is 0 Å². The largest absolute Gasteiger partial charge is 0.320 e. The predicted molar refractivity (Wildman–Crippen MR) is 108 cm³/mol. The van der Waals surface area contributed by atoms with E-state index < -0.39 is 20.9 Å². The number of benzene rings is 2. The van der Waals surface area contributed by atoms with Crippen molar-refractivity contribution in [2.24, 2.45) is 0 Å². The number of sulfone groups is 1. The van der Waals surface area contributed by atoms with Gasteiger partial charge in [0.1, 0.15) is 0 Å². The van der Waals surface area contributed by atoms with Gasteiger partial charge in [-0.1, -0.05) is 59.6 Å². The van der Waals surface area contributed by atoms with Gasteiger partial charge in [-0.15, -0.1) is 0 Å². The van der Waals surface area contributed by atoms with Crippen molar-refractivity contribution >= 4 is 33.0 Å². The second-order valence-corrected chi connectivity index (χ2v) is 8.66. The van der Waals surface area contributed by atoms with E-state index in [0.29, 0.717) is 11.3 Å². The monoisotopic (exact) mass is 415 g/mol. The molecule has 0 aliphatic heterocycles. The average Bonchev–Trinajstić information content (AvgIpc) is 2.64. The predicted octanol–water partition coefficient (Wildman–Crippen LogP) is 3.97. The zero-order chi connectivity index (χ0) is 20.3. The summed E-state index contributed by atoms with van der Waals surface area (Å²) in [5, 5.41) is 2.25. The topological polar surface area (TPSA) is 89.0 Å². The van der Waals surface area contributed by atoms with Crippen LogP contribution in [0.15, 0.2) is 59.9 Å². The maximum Gasteiger partial charge on any atom is 0.275 e. The highest BCUT2D eigenvalue weighted by molar-refractivity contribution is 7.90. The number of nitrogens with one attached hydrogen (secondary N) is 1. The molecule has 0 radical (unpaired) electrons. The summed E-state index contributed by atoms with van der Waals surface area (Å²) in [5.41, 5.74) is 2.94. The summed E-state index contributed by atoms with van der Waals surface area (Å²) in [4.78, 5) is 20.4. The lowest BCUT2D eigenvalue weighted by Crippen LogP contribution is -2.18. The van der Waals surface area contributed by atoms with Gasteiger partial charge in [-0.2, -0.15) is 0 Å². The smallest absolute Gasteiger partial charge is 0.275 e. The summed E-state index contributed by atoms with van der Waals surface area (Å²) in [6, 6.07) is 14.2. The van der Waals surface area contributed by atoms with Crippen molar-refractivity contribution in [3.05, 3.63) is 82.1 Å². The zero-order valence-electron chi connectivity index (χ0n) is 15.3. The molecule has 1 heterocycles. The van der Waals surface area contributed by atoms with Gasteiger partial charge in [0.15, 0.2) is 5.69 Å². The molecule has 1 amide bonds. The van der Waals surface area contributed by atoms with Crippen molar-refractivity contribution in [2.45, 2.75) is 24.8 Å². The van der Waals surface area contributed by atoms with E-state index in [1.165, 1.54) is 0 Å². The van der Waals surface area contributed by atoms with Crippen LogP contribution >= 0.6 is 11.6 Å². The van der Waals surface area contributed by atoms with Crippen LogP contribution < -0.4 is 5.32 Å². The molecule has 144 valence electrons. The first-order valence-electron chi connectivity index (χ1n) is 8.44. The van der Waals surface area contributed by atoms with Crippen LogP contribution in [-0.2, 0) is 15.6 Å². The highest BCUT2D eigenvalue weighted by atomic mass is 35.5. The molecule has 0 atom stereocenters. The molecule has 8 heteroatoms. The molecule has 0 saturated carbocycles. The Morgan fingerprint density at radius 2 is 1.82 bits per heavy atom. The molecule has 2 aromatic carbocycles. The van der Waals surface area contributed by atoms with Crippen LogP contribution in [0.25, 0.3) is 0 Å². The van der Waals surface area contributed by atoms with Crippen LogP contribution in [0.5, 0.6) is 0 Å². The van der Waals surface area contributed by atoms with Crippen LogP contribution in [0.4, 0.5) is 5.69 Å². The van der Waals surface area contributed by atoms with Crippen LogP contribution in [0.2, 0.25) is 5.02 Å². The highest BCUT2D eigenvalue weighted by Crippen LogP contribution is 2.21. The normalized spacial score (nSPS) is 11.2. The average molecular weight is 416 g/mol. The van der Waals surface area contributed by atoms with E-state index in [9.17, 15) is 13.2 Å². The second kappa shape index (κ2) is 8.08. The van der Waals surface area contributed by atoms with Crippen molar-refractivity contribution < 1.29 is 13.2 Å². The van der Waals surface area contributed by atoms with Gasteiger partial charge in [-0.25, -0.2) is 18.4 Å². The van der Waals surface area contributed by atoms with E-state index in [4.69, 9.17) is 11.6 Å². The molecule has 1 aromatic heterocycles. The number of carbonyl (C=O) groups is 1. The van der Waals surface area contributed by atoms with Gasteiger partial charge in [-0.05, 0) is 31.0 Å². The Kier molecular flexibility index (Phi) is 5.76. The number of aryl methyl sites for hydroxylation is 2. The molecule has 0 aliphatic rings. The first-order chi connectivity index (χ1) is 13.3. The number of carbonyl (C=O) groups excluding carboxylic acids is 1. The van der Waals surface area contributed by atoms with Crippen molar-refractivity contribution in [3.63, 3.8) is 0 Å². The molecule has 28 heavy (non-hydrogen) atoms. The van der Waals surface area contributed by atoms with Gasteiger partial charge in [0.2, 0.25) is 15.0 Å². The molecular weight excluding hydrogens is 398 g/mol. The zero-order valence-corrected chi connectivity index (χ0v) is 16.9. The third-order valence-electron chi connectivity index (χ3n) is 4.04. The van der Waals surface area contributed by atoms with Gasteiger partial charge in [-0.3, -0.25) is 4.79 Å². The summed E-state index contributed by atoms with van der Waals surface area (Å²) in [5.74, 6) is -0.872. The van der Waals surface area contributed by atoms with E-state index in [-0.39, 0.29) is 16.5 Å². The van der Waals surface area contributed by atoms with Gasteiger partial charge in [0.25, 0.3) is 5.91 Å². The van der Waals surface area contributed by atoms with Crippen LogP contribution in [0.1, 0.15) is 27.2 Å². The lowest BCUT2D eigenvalue weighted by atomic mass is 10.1. The Hall–Kier alpha value is -2.77. The number of rotatable bonds is 5. The Labute approximate surface area is 168 Å². The third kappa shape index (κ3) is 4.55. The van der Waals surface area contributed by atoms with Crippen molar-refractivity contribution in [1.29, 1.82) is 0 Å². The summed E-state index contributed by atoms with van der Waals surface area (Å²) in [7, 11) is -3.83. The minimum Gasteiger partial charge on any atom is -0.320 e. The van der Waals surface area contributed by atoms with E-state index in [0.717, 1.165) is 17.3 Å². The first kappa shape index (κ1) is 20.0. The molecular formula is C20H18ClN3O3S. The Bertz CT molecular complexity index is 1130. The number of hydrogen-bond acceptors (Lipinski definition) is 5. The fourth-order valence-electron chi connectivity index (χ4n) is 2.65. The maximum atomic E-state index is 12.6. The van der Waals surface area contributed by atoms with E-state index in [2.05, 4.69) is 15.3 Å². The number of nitrogens with zero attached hydrogens (tertiary/aromatic N) is 2. The standard InChI is InChI=1S/C20H18ClN3O3S/c1-13-8-9-17(14(2)10-13)23-19(25)18-16(21)11-22-20(24-18)28(26,27)12-15-6-4-3-5-7-15/h3-11H,12H2,1-2H3,(H,23,25). The molecule has 0 bridgehead atoms. The van der Waals surface area contributed by atoms with E-state index in [1.807, 2.05) is 26.0 Å². The molecule has 6 nitrogen and oxygen atoms in total. The van der Waals surface area contributed by atoms with Gasteiger partial charge in [0, 0.05) is 5.69 Å².